The van der Waals surface area contributed by atoms with Gasteiger partial charge in [-0.15, -0.1) is 0 Å². The third-order valence-corrected chi connectivity index (χ3v) is 3.31. The van der Waals surface area contributed by atoms with Crippen molar-refractivity contribution < 1.29 is 8.78 Å². The van der Waals surface area contributed by atoms with Crippen molar-refractivity contribution in [1.82, 2.24) is 9.78 Å². The first kappa shape index (κ1) is 14.6. The third-order valence-electron chi connectivity index (χ3n) is 2.70. The molecule has 0 radical (unpaired) electrons. The second kappa shape index (κ2) is 6.13. The number of rotatable bonds is 4. The molecular formula is C13H12BrF2N3O. The molecule has 1 heterocycles. The van der Waals surface area contributed by atoms with Gasteiger partial charge in [0.1, 0.15) is 11.6 Å². The molecule has 0 saturated carbocycles. The first-order chi connectivity index (χ1) is 9.52. The first-order valence-corrected chi connectivity index (χ1v) is 6.75. The summed E-state index contributed by atoms with van der Waals surface area (Å²) in [5, 5.41) is 6.84. The van der Waals surface area contributed by atoms with Crippen LogP contribution in [0.25, 0.3) is 0 Å². The number of nitrogens with zero attached hydrogens (tertiary/aromatic N) is 2. The van der Waals surface area contributed by atoms with Crippen molar-refractivity contribution in [3.8, 4) is 0 Å². The van der Waals surface area contributed by atoms with Crippen molar-refractivity contribution in [3.63, 3.8) is 0 Å². The smallest absolute Gasteiger partial charge is 0.269 e. The van der Waals surface area contributed by atoms with Crippen molar-refractivity contribution in [2.24, 2.45) is 0 Å². The number of benzene rings is 1. The lowest BCUT2D eigenvalue weighted by atomic mass is 10.2. The number of halogens is 3. The Balaban J connectivity index is 2.36. The van der Waals surface area contributed by atoms with Gasteiger partial charge in [0, 0.05) is 18.2 Å². The van der Waals surface area contributed by atoms with Crippen LogP contribution in [0.1, 0.15) is 12.5 Å². The van der Waals surface area contributed by atoms with Gasteiger partial charge in [-0.1, -0.05) is 0 Å². The van der Waals surface area contributed by atoms with Crippen LogP contribution in [0.3, 0.4) is 0 Å². The fourth-order valence-corrected chi connectivity index (χ4v) is 2.09. The number of hydrogen-bond donors (Lipinski definition) is 1. The number of nitrogens with one attached hydrogen (secondary N) is 1. The molecule has 2 rings (SSSR count). The average Bonchev–Trinajstić information content (AvgIpc) is 2.42. The predicted octanol–water partition coefficient (Wildman–Crippen LogP) is 2.76. The van der Waals surface area contributed by atoms with Crippen LogP contribution < -0.4 is 10.9 Å². The monoisotopic (exact) mass is 343 g/mol. The standard InChI is InChI=1S/C13H12BrF2N3O/c1-2-17-8-5-12(20)19(18-6-8)7-9-11(15)4-3-10(14)13(9)16/h3-6,17H,2,7H2,1H3. The van der Waals surface area contributed by atoms with Gasteiger partial charge in [0.25, 0.3) is 5.56 Å². The maximum Gasteiger partial charge on any atom is 0.269 e. The molecule has 2 aromatic rings. The molecule has 0 aliphatic rings. The lowest BCUT2D eigenvalue weighted by Crippen LogP contribution is -2.24. The Kier molecular flexibility index (Phi) is 4.49. The van der Waals surface area contributed by atoms with Crippen LogP contribution in [0, 0.1) is 11.6 Å². The normalized spacial score (nSPS) is 10.6. The van der Waals surface area contributed by atoms with Gasteiger partial charge in [-0.2, -0.15) is 5.10 Å². The average molecular weight is 344 g/mol. The number of aromatic nitrogens is 2. The molecule has 4 nitrogen and oxygen atoms in total. The van der Waals surface area contributed by atoms with E-state index in [0.29, 0.717) is 12.2 Å². The van der Waals surface area contributed by atoms with Gasteiger partial charge >= 0.3 is 0 Å². The minimum atomic E-state index is -0.727. The van der Waals surface area contributed by atoms with Gasteiger partial charge < -0.3 is 5.32 Å². The summed E-state index contributed by atoms with van der Waals surface area (Å²) in [6.45, 7) is 2.28. The lowest BCUT2D eigenvalue weighted by molar-refractivity contribution is 0.521. The van der Waals surface area contributed by atoms with E-state index in [1.807, 2.05) is 6.92 Å². The molecule has 0 bridgehead atoms. The molecule has 0 saturated heterocycles. The van der Waals surface area contributed by atoms with Gasteiger partial charge in [-0.25, -0.2) is 13.5 Å². The van der Waals surface area contributed by atoms with Gasteiger partial charge in [-0.3, -0.25) is 4.79 Å². The van der Waals surface area contributed by atoms with E-state index in [1.165, 1.54) is 18.3 Å². The maximum atomic E-state index is 13.8. The van der Waals surface area contributed by atoms with Gasteiger partial charge in [0.05, 0.1) is 22.9 Å². The van der Waals surface area contributed by atoms with Gasteiger partial charge in [0.2, 0.25) is 0 Å². The molecule has 0 unspecified atom stereocenters. The van der Waals surface area contributed by atoms with Crippen molar-refractivity contribution in [2.75, 3.05) is 11.9 Å². The minimum Gasteiger partial charge on any atom is -0.384 e. The summed E-state index contributed by atoms with van der Waals surface area (Å²) in [5.74, 6) is -1.44. The van der Waals surface area contributed by atoms with Gasteiger partial charge in [-0.05, 0) is 35.0 Å². The quantitative estimate of drug-likeness (QED) is 0.868. The fourth-order valence-electron chi connectivity index (χ4n) is 1.72. The first-order valence-electron chi connectivity index (χ1n) is 5.96. The topological polar surface area (TPSA) is 46.9 Å². The Bertz CT molecular complexity index is 688. The van der Waals surface area contributed by atoms with Gasteiger partial charge in [0.15, 0.2) is 0 Å². The van der Waals surface area contributed by atoms with Crippen LogP contribution in [0.5, 0.6) is 0 Å². The molecule has 1 aromatic heterocycles. The SMILES string of the molecule is CCNc1cnn(Cc2c(F)ccc(Br)c2F)c(=O)c1. The highest BCUT2D eigenvalue weighted by Crippen LogP contribution is 2.21. The summed E-state index contributed by atoms with van der Waals surface area (Å²) >= 11 is 2.98. The van der Waals surface area contributed by atoms with Crippen LogP contribution in [0.15, 0.2) is 33.7 Å². The zero-order valence-corrected chi connectivity index (χ0v) is 12.2. The van der Waals surface area contributed by atoms with Crippen LogP contribution in [-0.4, -0.2) is 16.3 Å². The van der Waals surface area contributed by atoms with E-state index in [1.54, 1.807) is 0 Å². The number of hydrogen-bond acceptors (Lipinski definition) is 3. The van der Waals surface area contributed by atoms with Crippen LogP contribution in [-0.2, 0) is 6.54 Å². The summed E-state index contributed by atoms with van der Waals surface area (Å²) in [4.78, 5) is 11.8. The summed E-state index contributed by atoms with van der Waals surface area (Å²) < 4.78 is 28.6. The number of anilines is 1. The molecule has 106 valence electrons. The third kappa shape index (κ3) is 3.04. The van der Waals surface area contributed by atoms with E-state index in [4.69, 9.17) is 0 Å². The molecule has 20 heavy (non-hydrogen) atoms. The zero-order chi connectivity index (χ0) is 14.7. The highest BCUT2D eigenvalue weighted by Gasteiger charge is 2.14. The lowest BCUT2D eigenvalue weighted by Gasteiger charge is -2.09. The van der Waals surface area contributed by atoms with E-state index < -0.39 is 17.2 Å². The second-order valence-electron chi connectivity index (χ2n) is 4.09. The summed E-state index contributed by atoms with van der Waals surface area (Å²) in [7, 11) is 0. The van der Waals surface area contributed by atoms with Crippen molar-refractivity contribution in [2.45, 2.75) is 13.5 Å². The van der Waals surface area contributed by atoms with Crippen LogP contribution in [0.2, 0.25) is 0 Å². The molecule has 1 N–H and O–H groups in total. The van der Waals surface area contributed by atoms with E-state index in [-0.39, 0.29) is 16.6 Å². The summed E-state index contributed by atoms with van der Waals surface area (Å²) in [6, 6.07) is 3.75. The largest absolute Gasteiger partial charge is 0.384 e. The predicted molar refractivity (Wildman–Crippen MR) is 75.8 cm³/mol. The van der Waals surface area contributed by atoms with Crippen LogP contribution >= 0.6 is 15.9 Å². The van der Waals surface area contributed by atoms with E-state index in [9.17, 15) is 13.6 Å². The molecule has 1 aromatic carbocycles. The Hall–Kier alpha value is -1.76. The summed E-state index contributed by atoms with van der Waals surface area (Å²) in [5.41, 5.74) is -0.0589. The molecular weight excluding hydrogens is 332 g/mol. The fraction of sp³-hybridized carbons (Fsp3) is 0.231. The Morgan fingerprint density at radius 3 is 2.80 bits per heavy atom. The van der Waals surface area contributed by atoms with Crippen molar-refractivity contribution >= 4 is 21.6 Å². The minimum absolute atomic E-state index is 0.145. The van der Waals surface area contributed by atoms with Crippen molar-refractivity contribution in [3.05, 3.63) is 56.4 Å². The van der Waals surface area contributed by atoms with E-state index in [0.717, 1.165) is 10.7 Å². The summed E-state index contributed by atoms with van der Waals surface area (Å²) in [6.07, 6.45) is 1.44. The van der Waals surface area contributed by atoms with E-state index in [2.05, 4.69) is 26.3 Å². The van der Waals surface area contributed by atoms with Crippen LogP contribution in [0.4, 0.5) is 14.5 Å². The molecule has 0 amide bonds. The highest BCUT2D eigenvalue weighted by molar-refractivity contribution is 9.10. The van der Waals surface area contributed by atoms with Crippen molar-refractivity contribution in [1.29, 1.82) is 0 Å². The maximum absolute atomic E-state index is 13.8. The van der Waals surface area contributed by atoms with E-state index >= 15 is 0 Å². The Morgan fingerprint density at radius 1 is 1.40 bits per heavy atom. The highest BCUT2D eigenvalue weighted by atomic mass is 79.9. The molecule has 0 aliphatic heterocycles. The molecule has 0 atom stereocenters. The molecule has 0 fully saturated rings. The molecule has 0 spiro atoms. The zero-order valence-electron chi connectivity index (χ0n) is 10.7. The Morgan fingerprint density at radius 2 is 2.15 bits per heavy atom. The molecule has 7 heteroatoms. The Labute approximate surface area is 122 Å². The molecule has 0 aliphatic carbocycles. The second-order valence-corrected chi connectivity index (χ2v) is 4.95.